The molecule has 2 aromatic rings. The molecule has 0 bridgehead atoms. The van der Waals surface area contributed by atoms with Gasteiger partial charge >= 0.3 is 0 Å². The number of aliphatic hydroxyl groups excluding tert-OH is 1. The number of thiazole rings is 1. The second-order valence-electron chi connectivity index (χ2n) is 5.23. The average molecular weight is 289 g/mol. The molecule has 5 heteroatoms. The summed E-state index contributed by atoms with van der Waals surface area (Å²) in [4.78, 5) is 12.2. The van der Waals surface area contributed by atoms with Gasteiger partial charge in [-0.05, 0) is 25.0 Å². The van der Waals surface area contributed by atoms with E-state index < -0.39 is 0 Å². The van der Waals surface area contributed by atoms with Crippen LogP contribution in [-0.2, 0) is 13.0 Å². The first-order valence-electron chi connectivity index (χ1n) is 6.99. The highest BCUT2D eigenvalue weighted by Gasteiger charge is 2.29. The number of pyridine rings is 1. The Morgan fingerprint density at radius 3 is 2.90 bits per heavy atom. The van der Waals surface area contributed by atoms with Gasteiger partial charge < -0.3 is 10.0 Å². The molecule has 0 atom stereocenters. The second kappa shape index (κ2) is 5.89. The van der Waals surface area contributed by atoms with Crippen molar-refractivity contribution in [1.82, 2.24) is 9.97 Å². The summed E-state index contributed by atoms with van der Waals surface area (Å²) < 4.78 is 0. The van der Waals surface area contributed by atoms with Crippen molar-refractivity contribution in [2.75, 3.05) is 18.5 Å². The number of aliphatic hydroxyl groups is 1. The van der Waals surface area contributed by atoms with Crippen LogP contribution in [0.15, 0.2) is 24.4 Å². The molecule has 1 fully saturated rings. The van der Waals surface area contributed by atoms with E-state index >= 15 is 0 Å². The van der Waals surface area contributed by atoms with Crippen molar-refractivity contribution in [2.45, 2.75) is 31.8 Å². The second-order valence-corrected chi connectivity index (χ2v) is 6.29. The Morgan fingerprint density at radius 1 is 1.40 bits per heavy atom. The molecule has 1 aliphatic carbocycles. The molecule has 3 rings (SSSR count). The Balaban J connectivity index is 1.66. The minimum atomic E-state index is 0.109. The number of aromatic nitrogens is 2. The van der Waals surface area contributed by atoms with E-state index in [4.69, 9.17) is 4.98 Å². The topological polar surface area (TPSA) is 49.2 Å². The van der Waals surface area contributed by atoms with Gasteiger partial charge in [0.25, 0.3) is 0 Å². The molecular formula is C15H19N3OS. The first-order valence-corrected chi connectivity index (χ1v) is 7.81. The van der Waals surface area contributed by atoms with Crippen molar-refractivity contribution >= 4 is 16.5 Å². The predicted octanol–water partition coefficient (Wildman–Crippen LogP) is 2.59. The molecule has 1 saturated carbocycles. The summed E-state index contributed by atoms with van der Waals surface area (Å²) in [7, 11) is 2.06. The molecule has 1 N–H and O–H groups in total. The highest BCUT2D eigenvalue weighted by atomic mass is 32.1. The van der Waals surface area contributed by atoms with Crippen molar-refractivity contribution in [3.8, 4) is 0 Å². The summed E-state index contributed by atoms with van der Waals surface area (Å²) in [6, 6.07) is 5.99. The van der Waals surface area contributed by atoms with Gasteiger partial charge in [-0.2, -0.15) is 0 Å². The predicted molar refractivity (Wildman–Crippen MR) is 81.2 cm³/mol. The number of nitrogens with zero attached hydrogens (tertiary/aromatic N) is 3. The molecule has 2 aromatic heterocycles. The fraction of sp³-hybridized carbons (Fsp3) is 0.467. The maximum Gasteiger partial charge on any atom is 0.185 e. The lowest BCUT2D eigenvalue weighted by Crippen LogP contribution is -2.20. The van der Waals surface area contributed by atoms with Crippen molar-refractivity contribution in [2.24, 2.45) is 0 Å². The SMILES string of the molecule is CN(CCc1ccccn1)c1nc(C2CC2)c(CO)s1. The highest BCUT2D eigenvalue weighted by molar-refractivity contribution is 7.15. The molecule has 0 unspecified atom stereocenters. The lowest BCUT2D eigenvalue weighted by molar-refractivity contribution is 0.284. The van der Waals surface area contributed by atoms with Gasteiger partial charge in [-0.3, -0.25) is 4.98 Å². The highest BCUT2D eigenvalue weighted by Crippen LogP contribution is 2.44. The van der Waals surface area contributed by atoms with Gasteiger partial charge in [0.15, 0.2) is 5.13 Å². The van der Waals surface area contributed by atoms with Crippen LogP contribution in [0.4, 0.5) is 5.13 Å². The number of hydrogen-bond acceptors (Lipinski definition) is 5. The van der Waals surface area contributed by atoms with Crippen LogP contribution in [-0.4, -0.2) is 28.7 Å². The molecule has 4 nitrogen and oxygen atoms in total. The molecule has 0 aliphatic heterocycles. The van der Waals surface area contributed by atoms with Gasteiger partial charge in [-0.25, -0.2) is 4.98 Å². The normalized spacial score (nSPS) is 14.5. The third-order valence-electron chi connectivity index (χ3n) is 3.58. The van der Waals surface area contributed by atoms with E-state index in [2.05, 4.69) is 16.9 Å². The zero-order chi connectivity index (χ0) is 13.9. The summed E-state index contributed by atoms with van der Waals surface area (Å²) in [6.07, 6.45) is 5.17. The first kappa shape index (κ1) is 13.5. The summed E-state index contributed by atoms with van der Waals surface area (Å²) in [5.41, 5.74) is 2.22. The minimum absolute atomic E-state index is 0.109. The summed E-state index contributed by atoms with van der Waals surface area (Å²) in [5, 5.41) is 10.4. The van der Waals surface area contributed by atoms with Crippen LogP contribution in [0.2, 0.25) is 0 Å². The van der Waals surface area contributed by atoms with Crippen LogP contribution >= 0.6 is 11.3 Å². The van der Waals surface area contributed by atoms with E-state index in [1.807, 2.05) is 24.4 Å². The quantitative estimate of drug-likeness (QED) is 0.888. The molecule has 0 saturated heterocycles. The van der Waals surface area contributed by atoms with Gasteiger partial charge in [0.05, 0.1) is 17.2 Å². The third-order valence-corrected chi connectivity index (χ3v) is 4.75. The van der Waals surface area contributed by atoms with Crippen LogP contribution in [0.1, 0.15) is 35.0 Å². The Morgan fingerprint density at radius 2 is 2.25 bits per heavy atom. The molecular weight excluding hydrogens is 270 g/mol. The molecule has 20 heavy (non-hydrogen) atoms. The summed E-state index contributed by atoms with van der Waals surface area (Å²) in [5.74, 6) is 0.589. The first-order chi connectivity index (χ1) is 9.78. The number of anilines is 1. The monoisotopic (exact) mass is 289 g/mol. The maximum atomic E-state index is 9.44. The smallest absolute Gasteiger partial charge is 0.185 e. The number of rotatable bonds is 6. The van der Waals surface area contributed by atoms with Crippen LogP contribution in [0.5, 0.6) is 0 Å². The summed E-state index contributed by atoms with van der Waals surface area (Å²) in [6.45, 7) is 0.997. The maximum absolute atomic E-state index is 9.44. The van der Waals surface area contributed by atoms with Gasteiger partial charge in [0, 0.05) is 37.8 Å². The van der Waals surface area contributed by atoms with E-state index in [0.29, 0.717) is 5.92 Å². The van der Waals surface area contributed by atoms with Crippen molar-refractivity contribution in [3.05, 3.63) is 40.7 Å². The Labute approximate surface area is 123 Å². The van der Waals surface area contributed by atoms with E-state index in [1.165, 1.54) is 12.8 Å². The Hall–Kier alpha value is -1.46. The largest absolute Gasteiger partial charge is 0.391 e. The fourth-order valence-electron chi connectivity index (χ4n) is 2.23. The van der Waals surface area contributed by atoms with Crippen molar-refractivity contribution in [1.29, 1.82) is 0 Å². The van der Waals surface area contributed by atoms with E-state index in [-0.39, 0.29) is 6.61 Å². The van der Waals surface area contributed by atoms with E-state index in [1.54, 1.807) is 11.3 Å². The Bertz CT molecular complexity index is 566. The van der Waals surface area contributed by atoms with Crippen LogP contribution < -0.4 is 4.90 Å². The van der Waals surface area contributed by atoms with E-state index in [0.717, 1.165) is 34.4 Å². The zero-order valence-electron chi connectivity index (χ0n) is 11.6. The molecule has 106 valence electrons. The van der Waals surface area contributed by atoms with Crippen LogP contribution in [0, 0.1) is 0 Å². The Kier molecular flexibility index (Phi) is 3.98. The standard InChI is InChI=1S/C15H19N3OS/c1-18(9-7-12-4-2-3-8-16-12)15-17-14(11-5-6-11)13(10-19)20-15/h2-4,8,11,19H,5-7,9-10H2,1H3. The molecule has 2 heterocycles. The zero-order valence-corrected chi connectivity index (χ0v) is 12.4. The third kappa shape index (κ3) is 2.99. The van der Waals surface area contributed by atoms with Gasteiger partial charge in [-0.1, -0.05) is 17.4 Å². The molecule has 1 aliphatic rings. The van der Waals surface area contributed by atoms with Gasteiger partial charge in [0.1, 0.15) is 0 Å². The minimum Gasteiger partial charge on any atom is -0.391 e. The van der Waals surface area contributed by atoms with Gasteiger partial charge in [-0.15, -0.1) is 0 Å². The average Bonchev–Trinajstić information content (AvgIpc) is 3.24. The molecule has 0 radical (unpaired) electrons. The van der Waals surface area contributed by atoms with Gasteiger partial charge in [0.2, 0.25) is 0 Å². The summed E-state index contributed by atoms with van der Waals surface area (Å²) >= 11 is 1.62. The fourth-order valence-corrected chi connectivity index (χ4v) is 3.22. The molecule has 0 amide bonds. The number of hydrogen-bond donors (Lipinski definition) is 1. The number of likely N-dealkylation sites (N-methyl/N-ethyl adjacent to an activating group) is 1. The lowest BCUT2D eigenvalue weighted by atomic mass is 10.2. The lowest BCUT2D eigenvalue weighted by Gasteiger charge is -2.15. The molecule has 0 spiro atoms. The van der Waals surface area contributed by atoms with E-state index in [9.17, 15) is 5.11 Å². The van der Waals surface area contributed by atoms with Crippen molar-refractivity contribution < 1.29 is 5.11 Å². The van der Waals surface area contributed by atoms with Crippen molar-refractivity contribution in [3.63, 3.8) is 0 Å². The van der Waals surface area contributed by atoms with Crippen LogP contribution in [0.3, 0.4) is 0 Å². The molecule has 0 aromatic carbocycles. The van der Waals surface area contributed by atoms with Crippen LogP contribution in [0.25, 0.3) is 0 Å².